The largest absolute Gasteiger partial charge is 0.379 e. The van der Waals surface area contributed by atoms with Crippen LogP contribution >= 0.6 is 11.3 Å². The molecular formula is C14H20N4O4S2. The molecule has 1 aliphatic heterocycles. The summed E-state index contributed by atoms with van der Waals surface area (Å²) in [5.74, 6) is 0. The lowest BCUT2D eigenvalue weighted by Crippen LogP contribution is -2.49. The van der Waals surface area contributed by atoms with Crippen LogP contribution in [0.2, 0.25) is 0 Å². The molecular weight excluding hydrogens is 352 g/mol. The number of rotatable bonds is 7. The topological polar surface area (TPSA) is 95.3 Å². The van der Waals surface area contributed by atoms with Crippen LogP contribution in [0.3, 0.4) is 0 Å². The summed E-state index contributed by atoms with van der Waals surface area (Å²) in [7, 11) is -3.64. The van der Waals surface area contributed by atoms with Gasteiger partial charge in [-0.05, 0) is 13.3 Å². The number of aromatic nitrogens is 3. The smallest absolute Gasteiger partial charge is 0.244 e. The van der Waals surface area contributed by atoms with E-state index in [1.807, 2.05) is 12.3 Å². The van der Waals surface area contributed by atoms with Crippen LogP contribution in [0.25, 0.3) is 0 Å². The first kappa shape index (κ1) is 17.5. The lowest BCUT2D eigenvalue weighted by Gasteiger charge is -2.31. The molecule has 24 heavy (non-hydrogen) atoms. The van der Waals surface area contributed by atoms with Crippen LogP contribution in [-0.2, 0) is 32.6 Å². The van der Waals surface area contributed by atoms with Crippen molar-refractivity contribution in [2.24, 2.45) is 0 Å². The molecule has 8 nitrogen and oxygen atoms in total. The summed E-state index contributed by atoms with van der Waals surface area (Å²) in [5, 5.41) is 5.92. The molecule has 132 valence electrons. The summed E-state index contributed by atoms with van der Waals surface area (Å²) >= 11 is 1.50. The van der Waals surface area contributed by atoms with E-state index in [9.17, 15) is 8.42 Å². The zero-order valence-corrected chi connectivity index (χ0v) is 14.9. The number of ether oxygens (including phenoxy) is 2. The highest BCUT2D eigenvalue weighted by Crippen LogP contribution is 2.17. The summed E-state index contributed by atoms with van der Waals surface area (Å²) in [6, 6.07) is -0.340. The predicted molar refractivity (Wildman–Crippen MR) is 88.1 cm³/mol. The van der Waals surface area contributed by atoms with E-state index in [4.69, 9.17) is 9.47 Å². The Morgan fingerprint density at radius 1 is 1.54 bits per heavy atom. The highest BCUT2D eigenvalue weighted by Gasteiger charge is 2.31. The zero-order valence-electron chi connectivity index (χ0n) is 13.3. The van der Waals surface area contributed by atoms with Crippen molar-refractivity contribution in [1.82, 2.24) is 19.5 Å². The number of nitrogens with one attached hydrogen (secondary N) is 1. The van der Waals surface area contributed by atoms with E-state index in [1.165, 1.54) is 23.7 Å². The molecule has 0 aliphatic carbocycles. The molecule has 1 fully saturated rings. The van der Waals surface area contributed by atoms with Crippen LogP contribution in [0.4, 0.5) is 0 Å². The molecule has 0 saturated carbocycles. The molecule has 0 spiro atoms. The van der Waals surface area contributed by atoms with Crippen LogP contribution in [0.5, 0.6) is 0 Å². The third kappa shape index (κ3) is 4.19. The Morgan fingerprint density at radius 2 is 2.42 bits per heavy atom. The molecule has 2 aromatic rings. The third-order valence-electron chi connectivity index (χ3n) is 3.78. The first-order chi connectivity index (χ1) is 11.6. The van der Waals surface area contributed by atoms with Crippen molar-refractivity contribution in [1.29, 1.82) is 0 Å². The van der Waals surface area contributed by atoms with Gasteiger partial charge in [-0.2, -0.15) is 5.10 Å². The fraction of sp³-hybridized carbons (Fsp3) is 0.571. The maximum Gasteiger partial charge on any atom is 0.244 e. The maximum absolute atomic E-state index is 12.5. The van der Waals surface area contributed by atoms with Gasteiger partial charge in [-0.1, -0.05) is 0 Å². The van der Waals surface area contributed by atoms with Crippen LogP contribution in [0.15, 0.2) is 28.2 Å². The Balaban J connectivity index is 1.66. The number of hydrogen-bond acceptors (Lipinski definition) is 7. The number of hydrogen-bond donors (Lipinski definition) is 1. The van der Waals surface area contributed by atoms with E-state index >= 15 is 0 Å². The zero-order chi connectivity index (χ0) is 17.0. The number of sulfonamides is 1. The van der Waals surface area contributed by atoms with Gasteiger partial charge in [-0.3, -0.25) is 4.68 Å². The van der Waals surface area contributed by atoms with Gasteiger partial charge >= 0.3 is 0 Å². The van der Waals surface area contributed by atoms with Crippen LogP contribution < -0.4 is 4.72 Å². The molecule has 10 heteroatoms. The van der Waals surface area contributed by atoms with E-state index in [-0.39, 0.29) is 17.0 Å². The van der Waals surface area contributed by atoms with E-state index < -0.39 is 10.0 Å². The minimum Gasteiger partial charge on any atom is -0.379 e. The summed E-state index contributed by atoms with van der Waals surface area (Å²) in [6.45, 7) is 3.71. The average Bonchev–Trinajstić information content (AvgIpc) is 3.25. The van der Waals surface area contributed by atoms with Gasteiger partial charge in [-0.15, -0.1) is 11.3 Å². The van der Waals surface area contributed by atoms with Gasteiger partial charge < -0.3 is 9.47 Å². The Labute approximate surface area is 144 Å². The SMILES string of the molecule is CCn1cc(S(=O)(=O)N[C@@H]2CCOC[C@H]2OCc2cscn2)cn1. The van der Waals surface area contributed by atoms with Crippen molar-refractivity contribution in [3.05, 3.63) is 29.0 Å². The monoisotopic (exact) mass is 372 g/mol. The van der Waals surface area contributed by atoms with Gasteiger partial charge in [0.15, 0.2) is 0 Å². The van der Waals surface area contributed by atoms with Gasteiger partial charge in [-0.25, -0.2) is 18.1 Å². The molecule has 0 aromatic carbocycles. The van der Waals surface area contributed by atoms with E-state index in [2.05, 4.69) is 14.8 Å². The Bertz CT molecular complexity index is 745. The van der Waals surface area contributed by atoms with Crippen molar-refractivity contribution in [3.63, 3.8) is 0 Å². The molecule has 0 amide bonds. The molecule has 0 unspecified atom stereocenters. The molecule has 0 radical (unpaired) electrons. The van der Waals surface area contributed by atoms with Crippen LogP contribution in [0, 0.1) is 0 Å². The second-order valence-corrected chi connectivity index (χ2v) is 7.89. The standard InChI is InChI=1S/C14H20N4O4S2/c1-2-18-6-12(5-16-18)24(19,20)17-13-3-4-21-8-14(13)22-7-11-9-23-10-15-11/h5-6,9-10,13-14,17H,2-4,7-8H2,1H3/t13-,14-/m1/s1. The van der Waals surface area contributed by atoms with Crippen molar-refractivity contribution < 1.29 is 17.9 Å². The minimum atomic E-state index is -3.64. The van der Waals surface area contributed by atoms with Crippen molar-refractivity contribution in [2.45, 2.75) is 43.5 Å². The molecule has 1 saturated heterocycles. The van der Waals surface area contributed by atoms with Gasteiger partial charge in [0, 0.05) is 24.7 Å². The Hall–Kier alpha value is -1.33. The van der Waals surface area contributed by atoms with Crippen LogP contribution in [-0.4, -0.2) is 48.5 Å². The lowest BCUT2D eigenvalue weighted by atomic mass is 10.1. The second-order valence-electron chi connectivity index (χ2n) is 5.45. The highest BCUT2D eigenvalue weighted by molar-refractivity contribution is 7.89. The van der Waals surface area contributed by atoms with E-state index in [0.29, 0.717) is 32.8 Å². The molecule has 1 N–H and O–H groups in total. The van der Waals surface area contributed by atoms with Crippen molar-refractivity contribution in [2.75, 3.05) is 13.2 Å². The van der Waals surface area contributed by atoms with Gasteiger partial charge in [0.1, 0.15) is 4.90 Å². The quantitative estimate of drug-likeness (QED) is 0.779. The van der Waals surface area contributed by atoms with Gasteiger partial charge in [0.05, 0.1) is 42.8 Å². The van der Waals surface area contributed by atoms with Gasteiger partial charge in [0.2, 0.25) is 10.0 Å². The second kappa shape index (κ2) is 7.70. The summed E-state index contributed by atoms with van der Waals surface area (Å²) in [6.07, 6.45) is 3.09. The van der Waals surface area contributed by atoms with Crippen molar-refractivity contribution >= 4 is 21.4 Å². The Kier molecular flexibility index (Phi) is 5.61. The summed E-state index contributed by atoms with van der Waals surface area (Å²) < 4.78 is 40.6. The fourth-order valence-electron chi connectivity index (χ4n) is 2.44. The van der Waals surface area contributed by atoms with Crippen LogP contribution in [0.1, 0.15) is 19.0 Å². The number of aryl methyl sites for hydroxylation is 1. The first-order valence-electron chi connectivity index (χ1n) is 7.69. The molecule has 1 aliphatic rings. The minimum absolute atomic E-state index is 0.161. The summed E-state index contributed by atoms with van der Waals surface area (Å²) in [4.78, 5) is 4.32. The predicted octanol–water partition coefficient (Wildman–Crippen LogP) is 1.01. The fourth-order valence-corrected chi connectivity index (χ4v) is 4.23. The lowest BCUT2D eigenvalue weighted by molar-refractivity contribution is -0.0717. The number of nitrogens with zero attached hydrogens (tertiary/aromatic N) is 3. The van der Waals surface area contributed by atoms with Gasteiger partial charge in [0.25, 0.3) is 0 Å². The third-order valence-corrected chi connectivity index (χ3v) is 5.86. The average molecular weight is 372 g/mol. The van der Waals surface area contributed by atoms with E-state index in [1.54, 1.807) is 10.2 Å². The molecule has 3 heterocycles. The Morgan fingerprint density at radius 3 is 3.12 bits per heavy atom. The van der Waals surface area contributed by atoms with Crippen molar-refractivity contribution in [3.8, 4) is 0 Å². The highest BCUT2D eigenvalue weighted by atomic mass is 32.2. The molecule has 2 atom stereocenters. The normalized spacial score (nSPS) is 21.9. The molecule has 3 rings (SSSR count). The number of thiazole rings is 1. The molecule has 0 bridgehead atoms. The van der Waals surface area contributed by atoms with E-state index in [0.717, 1.165) is 5.69 Å². The summed E-state index contributed by atoms with van der Waals surface area (Å²) in [5.41, 5.74) is 2.57. The maximum atomic E-state index is 12.5. The molecule has 2 aromatic heterocycles. The first-order valence-corrected chi connectivity index (χ1v) is 10.1.